The van der Waals surface area contributed by atoms with Gasteiger partial charge in [0.25, 0.3) is 5.91 Å². The monoisotopic (exact) mass is 253 g/mol. The Balaban J connectivity index is 2.57. The van der Waals surface area contributed by atoms with Gasteiger partial charge in [0, 0.05) is 5.69 Å². The Morgan fingerprint density at radius 2 is 2.06 bits per heavy atom. The van der Waals surface area contributed by atoms with Crippen LogP contribution in [-0.4, -0.2) is 33.7 Å². The summed E-state index contributed by atoms with van der Waals surface area (Å²) < 4.78 is 5.16. The van der Waals surface area contributed by atoms with E-state index < -0.39 is 23.5 Å². The lowest BCUT2D eigenvalue weighted by atomic mass is 10.2. The van der Waals surface area contributed by atoms with Crippen molar-refractivity contribution in [3.8, 4) is 0 Å². The lowest BCUT2D eigenvalue weighted by Crippen LogP contribution is -2.42. The van der Waals surface area contributed by atoms with Crippen molar-refractivity contribution in [2.45, 2.75) is 46.3 Å². The molecule has 1 amide bonds. The van der Waals surface area contributed by atoms with Crippen LogP contribution in [-0.2, 0) is 9.53 Å². The molecule has 1 rings (SSSR count). The fraction of sp³-hybridized carbons (Fsp3) is 0.583. The first-order valence-electron chi connectivity index (χ1n) is 5.75. The SMILES string of the molecule is Cc1cc(C(=O)N[C@@H](C)C(=O)OC(C)(C)C)n[nH]1. The predicted octanol–water partition coefficient (Wildman–Crippen LogP) is 1.18. The molecule has 2 N–H and O–H groups in total. The molecule has 1 aromatic heterocycles. The van der Waals surface area contributed by atoms with Crippen LogP contribution >= 0.6 is 0 Å². The lowest BCUT2D eigenvalue weighted by Gasteiger charge is -2.22. The number of nitrogens with one attached hydrogen (secondary N) is 2. The summed E-state index contributed by atoms with van der Waals surface area (Å²) in [7, 11) is 0. The van der Waals surface area contributed by atoms with Gasteiger partial charge in [-0.25, -0.2) is 4.79 Å². The standard InChI is InChI=1S/C12H19N3O3/c1-7-6-9(15-14-7)10(16)13-8(2)11(17)18-12(3,4)5/h6,8H,1-5H3,(H,13,16)(H,14,15)/t8-/m0/s1. The van der Waals surface area contributed by atoms with E-state index in [9.17, 15) is 9.59 Å². The third-order valence-electron chi connectivity index (χ3n) is 2.05. The summed E-state index contributed by atoms with van der Waals surface area (Å²) in [6.07, 6.45) is 0. The minimum atomic E-state index is -0.714. The number of ether oxygens (including phenoxy) is 1. The van der Waals surface area contributed by atoms with Gasteiger partial charge < -0.3 is 10.1 Å². The maximum Gasteiger partial charge on any atom is 0.328 e. The molecule has 0 unspecified atom stereocenters. The number of aromatic amines is 1. The van der Waals surface area contributed by atoms with Crippen molar-refractivity contribution in [3.63, 3.8) is 0 Å². The van der Waals surface area contributed by atoms with E-state index in [1.54, 1.807) is 40.7 Å². The maximum absolute atomic E-state index is 11.7. The van der Waals surface area contributed by atoms with Crippen molar-refractivity contribution in [1.29, 1.82) is 0 Å². The normalized spacial score (nSPS) is 12.9. The third kappa shape index (κ3) is 4.20. The van der Waals surface area contributed by atoms with Gasteiger partial charge in [-0.05, 0) is 40.7 Å². The van der Waals surface area contributed by atoms with E-state index in [0.29, 0.717) is 0 Å². The molecule has 0 spiro atoms. The molecule has 6 heteroatoms. The van der Waals surface area contributed by atoms with Crippen LogP contribution in [0.2, 0.25) is 0 Å². The van der Waals surface area contributed by atoms with Crippen molar-refractivity contribution in [3.05, 3.63) is 17.5 Å². The number of H-pyrrole nitrogens is 1. The van der Waals surface area contributed by atoms with Crippen molar-refractivity contribution in [2.24, 2.45) is 0 Å². The number of esters is 1. The zero-order valence-electron chi connectivity index (χ0n) is 11.3. The number of aryl methyl sites for hydroxylation is 1. The predicted molar refractivity (Wildman–Crippen MR) is 66.1 cm³/mol. The second-order valence-electron chi connectivity index (χ2n) is 5.16. The number of hydrogen-bond acceptors (Lipinski definition) is 4. The molecule has 1 aromatic rings. The number of carbonyl (C=O) groups is 2. The average molecular weight is 253 g/mol. The Bertz CT molecular complexity index is 446. The van der Waals surface area contributed by atoms with Crippen molar-refractivity contribution >= 4 is 11.9 Å². The Kier molecular flexibility index (Phi) is 4.11. The van der Waals surface area contributed by atoms with E-state index in [4.69, 9.17) is 4.74 Å². The average Bonchev–Trinajstić information content (AvgIpc) is 2.62. The number of hydrogen-bond donors (Lipinski definition) is 2. The van der Waals surface area contributed by atoms with Crippen LogP contribution in [0.15, 0.2) is 6.07 Å². The number of aromatic nitrogens is 2. The summed E-state index contributed by atoms with van der Waals surface area (Å²) in [6, 6.07) is 0.894. The van der Waals surface area contributed by atoms with E-state index in [0.717, 1.165) is 5.69 Å². The van der Waals surface area contributed by atoms with Gasteiger partial charge >= 0.3 is 5.97 Å². The zero-order chi connectivity index (χ0) is 13.9. The van der Waals surface area contributed by atoms with Crippen molar-refractivity contribution in [1.82, 2.24) is 15.5 Å². The van der Waals surface area contributed by atoms with Crippen LogP contribution in [0.25, 0.3) is 0 Å². The van der Waals surface area contributed by atoms with E-state index in [-0.39, 0.29) is 5.69 Å². The van der Waals surface area contributed by atoms with Gasteiger partial charge in [0.1, 0.15) is 17.3 Å². The molecule has 0 aromatic carbocycles. The summed E-state index contributed by atoms with van der Waals surface area (Å²) in [6.45, 7) is 8.69. The number of amides is 1. The van der Waals surface area contributed by atoms with Crippen LogP contribution in [0.3, 0.4) is 0 Å². The molecule has 0 saturated heterocycles. The lowest BCUT2D eigenvalue weighted by molar-refractivity contribution is -0.156. The number of carbonyl (C=O) groups excluding carboxylic acids is 2. The van der Waals surface area contributed by atoms with Gasteiger partial charge in [0.05, 0.1) is 0 Å². The second-order valence-corrected chi connectivity index (χ2v) is 5.16. The van der Waals surface area contributed by atoms with Crippen molar-refractivity contribution in [2.75, 3.05) is 0 Å². The highest BCUT2D eigenvalue weighted by molar-refractivity contribution is 5.95. The maximum atomic E-state index is 11.7. The van der Waals surface area contributed by atoms with Gasteiger partial charge in [-0.3, -0.25) is 9.89 Å². The smallest absolute Gasteiger partial charge is 0.328 e. The summed E-state index contributed by atoms with van der Waals surface area (Å²) in [4.78, 5) is 23.4. The summed E-state index contributed by atoms with van der Waals surface area (Å²) in [5.74, 6) is -0.874. The highest BCUT2D eigenvalue weighted by Gasteiger charge is 2.23. The number of rotatable bonds is 3. The first-order valence-corrected chi connectivity index (χ1v) is 5.75. The van der Waals surface area contributed by atoms with Gasteiger partial charge in [0.2, 0.25) is 0 Å². The topological polar surface area (TPSA) is 84.1 Å². The Morgan fingerprint density at radius 1 is 1.44 bits per heavy atom. The molecule has 0 aliphatic carbocycles. The molecular formula is C12H19N3O3. The Labute approximate surface area is 106 Å². The van der Waals surface area contributed by atoms with Crippen molar-refractivity contribution < 1.29 is 14.3 Å². The van der Waals surface area contributed by atoms with Crippen LogP contribution in [0.1, 0.15) is 43.9 Å². The van der Waals surface area contributed by atoms with Crippen LogP contribution in [0, 0.1) is 6.92 Å². The summed E-state index contributed by atoms with van der Waals surface area (Å²) in [5.41, 5.74) is 0.465. The fourth-order valence-corrected chi connectivity index (χ4v) is 1.25. The molecule has 6 nitrogen and oxygen atoms in total. The minimum absolute atomic E-state index is 0.253. The highest BCUT2D eigenvalue weighted by Crippen LogP contribution is 2.08. The molecule has 0 radical (unpaired) electrons. The van der Waals surface area contributed by atoms with Gasteiger partial charge in [-0.1, -0.05) is 0 Å². The molecular weight excluding hydrogens is 234 g/mol. The van der Waals surface area contributed by atoms with Gasteiger partial charge in [0.15, 0.2) is 0 Å². The van der Waals surface area contributed by atoms with Crippen LogP contribution in [0.5, 0.6) is 0 Å². The first-order chi connectivity index (χ1) is 8.19. The van der Waals surface area contributed by atoms with Crippen LogP contribution in [0.4, 0.5) is 0 Å². The van der Waals surface area contributed by atoms with E-state index in [2.05, 4.69) is 15.5 Å². The van der Waals surface area contributed by atoms with Gasteiger partial charge in [-0.2, -0.15) is 5.10 Å². The van der Waals surface area contributed by atoms with E-state index in [1.807, 2.05) is 0 Å². The minimum Gasteiger partial charge on any atom is -0.458 e. The molecule has 0 aliphatic heterocycles. The largest absolute Gasteiger partial charge is 0.458 e. The fourth-order valence-electron chi connectivity index (χ4n) is 1.25. The Morgan fingerprint density at radius 3 is 2.50 bits per heavy atom. The molecule has 0 bridgehead atoms. The molecule has 1 heterocycles. The molecule has 100 valence electrons. The summed E-state index contributed by atoms with van der Waals surface area (Å²) >= 11 is 0. The molecule has 18 heavy (non-hydrogen) atoms. The van der Waals surface area contributed by atoms with E-state index in [1.165, 1.54) is 0 Å². The Hall–Kier alpha value is -1.85. The second kappa shape index (κ2) is 5.20. The summed E-state index contributed by atoms with van der Waals surface area (Å²) in [5, 5.41) is 9.01. The van der Waals surface area contributed by atoms with Gasteiger partial charge in [-0.15, -0.1) is 0 Å². The third-order valence-corrected chi connectivity index (χ3v) is 2.05. The zero-order valence-corrected chi connectivity index (χ0v) is 11.3. The number of nitrogens with zero attached hydrogens (tertiary/aromatic N) is 1. The van der Waals surface area contributed by atoms with E-state index >= 15 is 0 Å². The highest BCUT2D eigenvalue weighted by atomic mass is 16.6. The molecule has 0 aliphatic rings. The quantitative estimate of drug-likeness (QED) is 0.792. The molecule has 1 atom stereocenters. The first kappa shape index (κ1) is 14.2. The molecule has 0 fully saturated rings. The molecule has 0 saturated carbocycles. The van der Waals surface area contributed by atoms with Crippen LogP contribution < -0.4 is 5.32 Å².